The maximum absolute atomic E-state index is 13.0. The van der Waals surface area contributed by atoms with E-state index in [-0.39, 0.29) is 4.62 Å². The predicted molar refractivity (Wildman–Crippen MR) is 51.1 cm³/mol. The SMILES string of the molecule is NN=C(Br)c1ccc(Cl)cc1F. The van der Waals surface area contributed by atoms with E-state index in [1.54, 1.807) is 6.07 Å². The van der Waals surface area contributed by atoms with Gasteiger partial charge in [-0.25, -0.2) is 4.39 Å². The van der Waals surface area contributed by atoms with Crippen molar-refractivity contribution in [2.45, 2.75) is 0 Å². The van der Waals surface area contributed by atoms with Crippen LogP contribution >= 0.6 is 27.5 Å². The van der Waals surface area contributed by atoms with Gasteiger partial charge < -0.3 is 5.84 Å². The van der Waals surface area contributed by atoms with E-state index in [1.807, 2.05) is 0 Å². The summed E-state index contributed by atoms with van der Waals surface area (Å²) in [6, 6.07) is 4.26. The Bertz CT molecular complexity index is 327. The van der Waals surface area contributed by atoms with Gasteiger partial charge in [0.25, 0.3) is 0 Å². The van der Waals surface area contributed by atoms with Crippen molar-refractivity contribution >= 4 is 32.2 Å². The highest BCUT2D eigenvalue weighted by molar-refractivity contribution is 9.18. The molecule has 0 unspecified atom stereocenters. The molecule has 0 aliphatic carbocycles. The van der Waals surface area contributed by atoms with Crippen LogP contribution in [0.5, 0.6) is 0 Å². The molecule has 0 atom stereocenters. The molecule has 1 aromatic carbocycles. The first-order valence-electron chi connectivity index (χ1n) is 3.04. The molecule has 0 radical (unpaired) electrons. The van der Waals surface area contributed by atoms with Crippen LogP contribution in [0.3, 0.4) is 0 Å². The average molecular weight is 251 g/mol. The molecule has 12 heavy (non-hydrogen) atoms. The van der Waals surface area contributed by atoms with Gasteiger partial charge in [0.1, 0.15) is 10.4 Å². The summed E-state index contributed by atoms with van der Waals surface area (Å²) in [7, 11) is 0. The van der Waals surface area contributed by atoms with E-state index >= 15 is 0 Å². The van der Waals surface area contributed by atoms with Gasteiger partial charge in [-0.3, -0.25) is 0 Å². The third-order valence-electron chi connectivity index (χ3n) is 1.27. The Hall–Kier alpha value is -0.610. The maximum Gasteiger partial charge on any atom is 0.135 e. The van der Waals surface area contributed by atoms with Gasteiger partial charge in [-0.15, -0.1) is 0 Å². The Morgan fingerprint density at radius 2 is 2.25 bits per heavy atom. The number of rotatable bonds is 1. The average Bonchev–Trinajstić information content (AvgIpc) is 2.03. The van der Waals surface area contributed by atoms with Crippen molar-refractivity contribution in [2.75, 3.05) is 0 Å². The third-order valence-corrected chi connectivity index (χ3v) is 2.13. The number of hydrazone groups is 1. The highest BCUT2D eigenvalue weighted by Crippen LogP contribution is 2.16. The molecule has 1 aromatic rings. The molecule has 1 rings (SSSR count). The summed E-state index contributed by atoms with van der Waals surface area (Å²) in [4.78, 5) is 0. The zero-order valence-electron chi connectivity index (χ0n) is 5.89. The molecule has 0 amide bonds. The fourth-order valence-electron chi connectivity index (χ4n) is 0.726. The number of hydrogen-bond acceptors (Lipinski definition) is 2. The number of halogens is 3. The summed E-state index contributed by atoms with van der Waals surface area (Å²) in [6.45, 7) is 0. The molecule has 0 aliphatic heterocycles. The monoisotopic (exact) mass is 250 g/mol. The smallest absolute Gasteiger partial charge is 0.135 e. The predicted octanol–water partition coefficient (Wildman–Crippen LogP) is 2.49. The lowest BCUT2D eigenvalue weighted by molar-refractivity contribution is 0.626. The normalized spacial score (nSPS) is 11.8. The van der Waals surface area contributed by atoms with E-state index in [1.165, 1.54) is 12.1 Å². The van der Waals surface area contributed by atoms with Crippen LogP contribution in [0.4, 0.5) is 4.39 Å². The van der Waals surface area contributed by atoms with E-state index in [2.05, 4.69) is 21.0 Å². The molecule has 0 aromatic heterocycles. The fourth-order valence-corrected chi connectivity index (χ4v) is 1.21. The highest BCUT2D eigenvalue weighted by Gasteiger charge is 2.06. The minimum absolute atomic E-state index is 0.261. The van der Waals surface area contributed by atoms with Crippen molar-refractivity contribution in [3.8, 4) is 0 Å². The van der Waals surface area contributed by atoms with Crippen molar-refractivity contribution in [1.82, 2.24) is 0 Å². The summed E-state index contributed by atoms with van der Waals surface area (Å²) in [6.07, 6.45) is 0. The standard InChI is InChI=1S/C7H5BrClFN2/c8-7(12-11)5-2-1-4(9)3-6(5)10/h1-3H,11H2. The van der Waals surface area contributed by atoms with Gasteiger partial charge in [-0.2, -0.15) is 5.10 Å². The van der Waals surface area contributed by atoms with E-state index in [4.69, 9.17) is 17.4 Å². The van der Waals surface area contributed by atoms with E-state index < -0.39 is 5.82 Å². The Morgan fingerprint density at radius 3 is 2.75 bits per heavy atom. The van der Waals surface area contributed by atoms with Crippen molar-refractivity contribution < 1.29 is 4.39 Å². The van der Waals surface area contributed by atoms with Crippen LogP contribution in [0.2, 0.25) is 5.02 Å². The molecule has 0 saturated carbocycles. The molecule has 5 heteroatoms. The Kier molecular flexibility index (Phi) is 3.05. The van der Waals surface area contributed by atoms with Crippen LogP contribution in [-0.2, 0) is 0 Å². The molecule has 0 aliphatic rings. The second-order valence-corrected chi connectivity index (χ2v) is 3.23. The number of benzene rings is 1. The molecular formula is C7H5BrClFN2. The van der Waals surface area contributed by atoms with E-state index in [0.29, 0.717) is 10.6 Å². The number of hydrogen-bond donors (Lipinski definition) is 1. The van der Waals surface area contributed by atoms with Crippen LogP contribution in [0, 0.1) is 5.82 Å². The van der Waals surface area contributed by atoms with Gasteiger partial charge >= 0.3 is 0 Å². The fraction of sp³-hybridized carbons (Fsp3) is 0. The Balaban J connectivity index is 3.18. The summed E-state index contributed by atoms with van der Waals surface area (Å²) in [5.74, 6) is 4.50. The first kappa shape index (κ1) is 9.48. The second kappa shape index (κ2) is 3.87. The quantitative estimate of drug-likeness (QED) is 0.465. The second-order valence-electron chi connectivity index (χ2n) is 2.04. The summed E-state index contributed by atoms with van der Waals surface area (Å²) < 4.78 is 13.3. The maximum atomic E-state index is 13.0. The van der Waals surface area contributed by atoms with Gasteiger partial charge in [0, 0.05) is 10.6 Å². The highest BCUT2D eigenvalue weighted by atomic mass is 79.9. The van der Waals surface area contributed by atoms with Crippen molar-refractivity contribution in [2.24, 2.45) is 10.9 Å². The molecule has 64 valence electrons. The van der Waals surface area contributed by atoms with Crippen molar-refractivity contribution in [3.05, 3.63) is 34.6 Å². The Labute approximate surface area is 82.3 Å². The van der Waals surface area contributed by atoms with Crippen LogP contribution < -0.4 is 5.84 Å². The van der Waals surface area contributed by atoms with Crippen LogP contribution in [0.1, 0.15) is 5.56 Å². The van der Waals surface area contributed by atoms with Crippen LogP contribution in [0.15, 0.2) is 23.3 Å². The lowest BCUT2D eigenvalue weighted by Gasteiger charge is -1.99. The Morgan fingerprint density at radius 1 is 1.58 bits per heavy atom. The third kappa shape index (κ3) is 1.95. The largest absolute Gasteiger partial charge is 0.322 e. The molecule has 0 spiro atoms. The topological polar surface area (TPSA) is 38.4 Å². The minimum Gasteiger partial charge on any atom is -0.322 e. The zero-order chi connectivity index (χ0) is 9.14. The van der Waals surface area contributed by atoms with Crippen molar-refractivity contribution in [3.63, 3.8) is 0 Å². The van der Waals surface area contributed by atoms with Gasteiger partial charge in [-0.05, 0) is 34.1 Å². The molecule has 0 heterocycles. The van der Waals surface area contributed by atoms with Gasteiger partial charge in [0.05, 0.1) is 0 Å². The van der Waals surface area contributed by atoms with Crippen molar-refractivity contribution in [1.29, 1.82) is 0 Å². The van der Waals surface area contributed by atoms with Crippen LogP contribution in [-0.4, -0.2) is 4.62 Å². The zero-order valence-corrected chi connectivity index (χ0v) is 8.23. The number of nitrogens with two attached hydrogens (primary N) is 1. The summed E-state index contributed by atoms with van der Waals surface area (Å²) >= 11 is 8.54. The molecule has 0 bridgehead atoms. The van der Waals surface area contributed by atoms with E-state index in [9.17, 15) is 4.39 Å². The molecular weight excluding hydrogens is 246 g/mol. The van der Waals surface area contributed by atoms with Gasteiger partial charge in [0.15, 0.2) is 0 Å². The first-order chi connectivity index (χ1) is 5.65. The first-order valence-corrected chi connectivity index (χ1v) is 4.21. The molecule has 0 fully saturated rings. The summed E-state index contributed by atoms with van der Waals surface area (Å²) in [5.41, 5.74) is 0.293. The molecule has 0 saturated heterocycles. The molecule has 2 nitrogen and oxygen atoms in total. The lowest BCUT2D eigenvalue weighted by atomic mass is 10.2. The lowest BCUT2D eigenvalue weighted by Crippen LogP contribution is -1.98. The number of nitrogens with zero attached hydrogens (tertiary/aromatic N) is 1. The minimum atomic E-state index is -0.455. The molecule has 2 N–H and O–H groups in total. The van der Waals surface area contributed by atoms with E-state index in [0.717, 1.165) is 0 Å². The van der Waals surface area contributed by atoms with Gasteiger partial charge in [-0.1, -0.05) is 11.6 Å². The summed E-state index contributed by atoms with van der Waals surface area (Å²) in [5, 5.41) is 3.64. The van der Waals surface area contributed by atoms with Gasteiger partial charge in [0.2, 0.25) is 0 Å². The van der Waals surface area contributed by atoms with Crippen LogP contribution in [0.25, 0.3) is 0 Å².